The highest BCUT2D eigenvalue weighted by Gasteiger charge is 2.23. The van der Waals surface area contributed by atoms with Crippen LogP contribution in [0.1, 0.15) is 10.4 Å². The van der Waals surface area contributed by atoms with Crippen LogP contribution in [0.5, 0.6) is 0 Å². The molecular formula is C18H22N4O2S. The Hall–Kier alpha value is -2.25. The first-order valence-corrected chi connectivity index (χ1v) is 8.91. The van der Waals surface area contributed by atoms with Crippen LogP contribution in [-0.2, 0) is 4.79 Å². The van der Waals surface area contributed by atoms with Crippen LogP contribution in [0.15, 0.2) is 36.4 Å². The number of nitrogens with two attached hydrogens (primary N) is 1. The number of benzene rings is 2. The van der Waals surface area contributed by atoms with E-state index in [1.54, 1.807) is 11.0 Å². The summed E-state index contributed by atoms with van der Waals surface area (Å²) in [5, 5.41) is 7.86. The topological polar surface area (TPSA) is 87.5 Å². The number of anilines is 1. The Morgan fingerprint density at radius 1 is 1.36 bits per heavy atom. The van der Waals surface area contributed by atoms with Gasteiger partial charge in [0.1, 0.15) is 0 Å². The van der Waals surface area contributed by atoms with Crippen LogP contribution in [-0.4, -0.2) is 54.7 Å². The van der Waals surface area contributed by atoms with Crippen molar-refractivity contribution in [2.75, 3.05) is 37.2 Å². The predicted molar refractivity (Wildman–Crippen MR) is 103 cm³/mol. The molecular weight excluding hydrogens is 336 g/mol. The van der Waals surface area contributed by atoms with Crippen LogP contribution in [0.4, 0.5) is 5.69 Å². The predicted octanol–water partition coefficient (Wildman–Crippen LogP) is 1.08. The van der Waals surface area contributed by atoms with Gasteiger partial charge >= 0.3 is 0 Å². The number of thiol groups is 1. The number of nitrogens with zero attached hydrogens (tertiary/aromatic N) is 1. The van der Waals surface area contributed by atoms with Gasteiger partial charge in [-0.05, 0) is 29.0 Å². The number of nitrogens with one attached hydrogen (secondary N) is 2. The minimum absolute atomic E-state index is 0.0165. The molecule has 0 spiro atoms. The molecule has 2 aromatic rings. The number of hydrogen-bond donors (Lipinski definition) is 4. The van der Waals surface area contributed by atoms with Crippen LogP contribution in [0, 0.1) is 0 Å². The summed E-state index contributed by atoms with van der Waals surface area (Å²) in [6.45, 7) is 1.77. The molecule has 0 radical (unpaired) electrons. The first-order valence-electron chi connectivity index (χ1n) is 8.27. The number of amides is 2. The smallest absolute Gasteiger partial charge is 0.255 e. The number of piperazine rings is 1. The molecule has 25 heavy (non-hydrogen) atoms. The minimum atomic E-state index is -0.119. The molecule has 2 amide bonds. The quantitative estimate of drug-likeness (QED) is 0.603. The molecule has 0 aromatic heterocycles. The normalized spacial score (nSPS) is 15.8. The van der Waals surface area contributed by atoms with Gasteiger partial charge in [-0.25, -0.2) is 0 Å². The van der Waals surface area contributed by atoms with E-state index in [1.165, 1.54) is 0 Å². The summed E-state index contributed by atoms with van der Waals surface area (Å²) in [5.74, 6) is 0.382. The van der Waals surface area contributed by atoms with Gasteiger partial charge in [0.05, 0.1) is 6.54 Å². The lowest BCUT2D eigenvalue weighted by molar-refractivity contribution is -0.123. The molecule has 7 heteroatoms. The summed E-state index contributed by atoms with van der Waals surface area (Å²) in [4.78, 5) is 25.9. The van der Waals surface area contributed by atoms with Crippen molar-refractivity contribution in [3.05, 3.63) is 42.0 Å². The Labute approximate surface area is 152 Å². The van der Waals surface area contributed by atoms with Crippen LogP contribution < -0.4 is 16.4 Å². The van der Waals surface area contributed by atoms with E-state index in [0.717, 1.165) is 16.5 Å². The minimum Gasteiger partial charge on any atom is -0.383 e. The zero-order valence-electron chi connectivity index (χ0n) is 13.9. The summed E-state index contributed by atoms with van der Waals surface area (Å²) < 4.78 is 0. The highest BCUT2D eigenvalue weighted by Crippen LogP contribution is 2.24. The van der Waals surface area contributed by atoms with E-state index in [-0.39, 0.29) is 24.4 Å². The second kappa shape index (κ2) is 7.76. The SMILES string of the molecule is NC(CS)CNc1ccc2c(C(=O)N3CCNC(=O)C3)cccc2c1. The lowest BCUT2D eigenvalue weighted by Gasteiger charge is -2.27. The van der Waals surface area contributed by atoms with Crippen molar-refractivity contribution in [1.29, 1.82) is 0 Å². The molecule has 0 bridgehead atoms. The number of fused-ring (bicyclic) bond motifs is 1. The summed E-state index contributed by atoms with van der Waals surface area (Å²) in [5.41, 5.74) is 7.44. The third-order valence-corrected chi connectivity index (χ3v) is 4.71. The molecule has 1 aliphatic rings. The molecule has 4 N–H and O–H groups in total. The zero-order valence-corrected chi connectivity index (χ0v) is 14.8. The van der Waals surface area contributed by atoms with E-state index >= 15 is 0 Å². The highest BCUT2D eigenvalue weighted by molar-refractivity contribution is 7.80. The second-order valence-corrected chi connectivity index (χ2v) is 6.51. The molecule has 1 unspecified atom stereocenters. The highest BCUT2D eigenvalue weighted by atomic mass is 32.1. The van der Waals surface area contributed by atoms with Gasteiger partial charge in [-0.2, -0.15) is 12.6 Å². The monoisotopic (exact) mass is 358 g/mol. The molecule has 0 aliphatic carbocycles. The van der Waals surface area contributed by atoms with Gasteiger partial charge in [0.25, 0.3) is 5.91 Å². The molecule has 6 nitrogen and oxygen atoms in total. The van der Waals surface area contributed by atoms with E-state index in [1.807, 2.05) is 30.3 Å². The number of carbonyl (C=O) groups excluding carboxylic acids is 2. The zero-order chi connectivity index (χ0) is 17.8. The standard InChI is InChI=1S/C18H22N4O2S/c19-13(11-25)9-21-14-4-5-15-12(8-14)2-1-3-16(15)18(24)22-7-6-20-17(23)10-22/h1-5,8,13,21,25H,6-7,9-11,19H2,(H,20,23). The average molecular weight is 358 g/mol. The fraction of sp³-hybridized carbons (Fsp3) is 0.333. The Bertz CT molecular complexity index is 796. The van der Waals surface area contributed by atoms with Crippen molar-refractivity contribution in [3.8, 4) is 0 Å². The van der Waals surface area contributed by atoms with Crippen molar-refractivity contribution < 1.29 is 9.59 Å². The Morgan fingerprint density at radius 3 is 2.96 bits per heavy atom. The summed E-state index contributed by atoms with van der Waals surface area (Å²) >= 11 is 4.18. The molecule has 1 aliphatic heterocycles. The third kappa shape index (κ3) is 4.05. The van der Waals surface area contributed by atoms with Crippen LogP contribution in [0.25, 0.3) is 10.8 Å². The van der Waals surface area contributed by atoms with Crippen molar-refractivity contribution >= 4 is 40.9 Å². The molecule has 1 fully saturated rings. The first kappa shape index (κ1) is 17.6. The molecule has 1 heterocycles. The maximum absolute atomic E-state index is 12.8. The van der Waals surface area contributed by atoms with Gasteiger partial charge in [-0.15, -0.1) is 0 Å². The number of carbonyl (C=O) groups is 2. The summed E-state index contributed by atoms with van der Waals surface area (Å²) in [7, 11) is 0. The van der Waals surface area contributed by atoms with Gasteiger partial charge in [-0.1, -0.05) is 18.2 Å². The second-order valence-electron chi connectivity index (χ2n) is 6.14. The molecule has 2 aromatic carbocycles. The van der Waals surface area contributed by atoms with Crippen molar-refractivity contribution in [3.63, 3.8) is 0 Å². The van der Waals surface area contributed by atoms with E-state index < -0.39 is 0 Å². The summed E-state index contributed by atoms with van der Waals surface area (Å²) in [6.07, 6.45) is 0. The van der Waals surface area contributed by atoms with Crippen LogP contribution in [0.3, 0.4) is 0 Å². The number of rotatable bonds is 5. The Morgan fingerprint density at radius 2 is 2.20 bits per heavy atom. The molecule has 0 saturated carbocycles. The largest absolute Gasteiger partial charge is 0.383 e. The van der Waals surface area contributed by atoms with Crippen molar-refractivity contribution in [1.82, 2.24) is 10.2 Å². The average Bonchev–Trinajstić information content (AvgIpc) is 2.64. The van der Waals surface area contributed by atoms with Gasteiger partial charge in [0.15, 0.2) is 0 Å². The van der Waals surface area contributed by atoms with Gasteiger partial charge in [0.2, 0.25) is 5.91 Å². The van der Waals surface area contributed by atoms with Crippen LogP contribution in [0.2, 0.25) is 0 Å². The molecule has 1 saturated heterocycles. The third-order valence-electron chi connectivity index (χ3n) is 4.24. The lowest BCUT2D eigenvalue weighted by atomic mass is 10.0. The Balaban J connectivity index is 1.84. The first-order chi connectivity index (χ1) is 12.1. The molecule has 3 rings (SSSR count). The van der Waals surface area contributed by atoms with Crippen LogP contribution >= 0.6 is 12.6 Å². The van der Waals surface area contributed by atoms with E-state index in [4.69, 9.17) is 5.73 Å². The maximum Gasteiger partial charge on any atom is 0.255 e. The van der Waals surface area contributed by atoms with Crippen molar-refractivity contribution in [2.45, 2.75) is 6.04 Å². The molecule has 1 atom stereocenters. The Kier molecular flexibility index (Phi) is 5.45. The fourth-order valence-electron chi connectivity index (χ4n) is 2.88. The number of hydrogen-bond acceptors (Lipinski definition) is 5. The van der Waals surface area contributed by atoms with Gasteiger partial charge in [0, 0.05) is 42.7 Å². The van der Waals surface area contributed by atoms with E-state index in [9.17, 15) is 9.59 Å². The maximum atomic E-state index is 12.8. The van der Waals surface area contributed by atoms with Crippen molar-refractivity contribution in [2.24, 2.45) is 5.73 Å². The van der Waals surface area contributed by atoms with E-state index in [0.29, 0.717) is 31.0 Å². The van der Waals surface area contributed by atoms with Gasteiger partial charge in [-0.3, -0.25) is 9.59 Å². The molecule has 132 valence electrons. The van der Waals surface area contributed by atoms with E-state index in [2.05, 4.69) is 23.3 Å². The summed E-state index contributed by atoms with van der Waals surface area (Å²) in [6, 6.07) is 11.5. The van der Waals surface area contributed by atoms with Gasteiger partial charge < -0.3 is 21.3 Å². The fourth-order valence-corrected chi connectivity index (χ4v) is 3.01. The lowest BCUT2D eigenvalue weighted by Crippen LogP contribution is -2.50.